The van der Waals surface area contributed by atoms with Crippen molar-refractivity contribution in [2.75, 3.05) is 12.0 Å². The van der Waals surface area contributed by atoms with Gasteiger partial charge in [0.05, 0.1) is 27.7 Å². The number of halogens is 2. The Balaban J connectivity index is 1.94. The molecule has 1 aliphatic rings. The highest BCUT2D eigenvalue weighted by Gasteiger charge is 2.33. The summed E-state index contributed by atoms with van der Waals surface area (Å²) in [6.45, 7) is 0. The number of anilines is 1. The van der Waals surface area contributed by atoms with Crippen LogP contribution in [0.15, 0.2) is 41.3 Å². The Bertz CT molecular complexity index is 915. The van der Waals surface area contributed by atoms with Gasteiger partial charge in [-0.15, -0.1) is 0 Å². The Morgan fingerprint density at radius 2 is 1.96 bits per heavy atom. The normalized spacial score (nSPS) is 16.0. The van der Waals surface area contributed by atoms with Gasteiger partial charge >= 0.3 is 0 Å². The number of carbonyl (C=O) groups excluding carboxylic acids is 1. The monoisotopic (exact) mass is 411 g/mol. The lowest BCUT2D eigenvalue weighted by Crippen LogP contribution is -2.27. The van der Waals surface area contributed by atoms with Crippen molar-refractivity contribution >= 4 is 69.2 Å². The van der Waals surface area contributed by atoms with E-state index in [0.717, 1.165) is 0 Å². The molecule has 2 aromatic carbocycles. The number of rotatable bonds is 3. The van der Waals surface area contributed by atoms with Gasteiger partial charge in [-0.05, 0) is 42.0 Å². The zero-order valence-electron chi connectivity index (χ0n) is 12.8. The van der Waals surface area contributed by atoms with E-state index < -0.39 is 0 Å². The summed E-state index contributed by atoms with van der Waals surface area (Å²) in [5, 5.41) is 10.4. The summed E-state index contributed by atoms with van der Waals surface area (Å²) in [5.74, 6) is 0.108. The molecule has 1 amide bonds. The molecule has 0 radical (unpaired) electrons. The fourth-order valence-corrected chi connectivity index (χ4v) is 3.84. The number of ether oxygens (including phenoxy) is 1. The third-order valence-corrected chi connectivity index (χ3v) is 5.50. The molecular formula is C17H11Cl2NO3S2. The molecule has 8 heteroatoms. The molecule has 1 saturated heterocycles. The lowest BCUT2D eigenvalue weighted by molar-refractivity contribution is -0.113. The predicted octanol–water partition coefficient (Wildman–Crippen LogP) is 5.11. The Hall–Kier alpha value is -1.73. The Morgan fingerprint density at radius 3 is 2.64 bits per heavy atom. The number of aromatic hydroxyl groups is 1. The van der Waals surface area contributed by atoms with Crippen LogP contribution < -0.4 is 9.64 Å². The highest BCUT2D eigenvalue weighted by molar-refractivity contribution is 8.27. The summed E-state index contributed by atoms with van der Waals surface area (Å²) in [6.07, 6.45) is 1.69. The highest BCUT2D eigenvalue weighted by Crippen LogP contribution is 2.38. The van der Waals surface area contributed by atoms with Gasteiger partial charge in [-0.2, -0.15) is 0 Å². The molecule has 0 saturated carbocycles. The first-order valence-corrected chi connectivity index (χ1v) is 8.99. The lowest BCUT2D eigenvalue weighted by atomic mass is 10.2. The minimum atomic E-state index is -0.250. The molecular weight excluding hydrogens is 401 g/mol. The summed E-state index contributed by atoms with van der Waals surface area (Å²) in [7, 11) is 1.46. The van der Waals surface area contributed by atoms with E-state index in [9.17, 15) is 9.90 Å². The van der Waals surface area contributed by atoms with Gasteiger partial charge in [-0.3, -0.25) is 9.69 Å². The number of thiocarbonyl (C=S) groups is 1. The van der Waals surface area contributed by atoms with E-state index in [1.165, 1.54) is 29.8 Å². The number of hydrogen-bond acceptors (Lipinski definition) is 5. The fourth-order valence-electron chi connectivity index (χ4n) is 2.25. The summed E-state index contributed by atoms with van der Waals surface area (Å²) < 4.78 is 5.48. The molecule has 1 aliphatic heterocycles. The maximum absolute atomic E-state index is 12.7. The zero-order chi connectivity index (χ0) is 18.1. The number of phenols is 1. The smallest absolute Gasteiger partial charge is 0.270 e. The van der Waals surface area contributed by atoms with Crippen LogP contribution in [0.4, 0.5) is 5.69 Å². The topological polar surface area (TPSA) is 49.8 Å². The quantitative estimate of drug-likeness (QED) is 0.561. The molecule has 4 nitrogen and oxygen atoms in total. The van der Waals surface area contributed by atoms with Gasteiger partial charge in [0.15, 0.2) is 15.8 Å². The first kappa shape index (κ1) is 18.1. The summed E-state index contributed by atoms with van der Waals surface area (Å²) >= 11 is 18.5. The van der Waals surface area contributed by atoms with Crippen molar-refractivity contribution in [3.63, 3.8) is 0 Å². The van der Waals surface area contributed by atoms with Crippen molar-refractivity contribution in [1.82, 2.24) is 0 Å². The van der Waals surface area contributed by atoms with Crippen molar-refractivity contribution in [2.45, 2.75) is 0 Å². The summed E-state index contributed by atoms with van der Waals surface area (Å²) in [6, 6.07) is 9.73. The maximum Gasteiger partial charge on any atom is 0.270 e. The molecule has 2 aromatic rings. The Morgan fingerprint density at radius 1 is 1.20 bits per heavy atom. The van der Waals surface area contributed by atoms with Crippen molar-refractivity contribution in [3.8, 4) is 11.5 Å². The van der Waals surface area contributed by atoms with E-state index in [0.29, 0.717) is 36.3 Å². The molecule has 1 heterocycles. The minimum Gasteiger partial charge on any atom is -0.504 e. The van der Waals surface area contributed by atoms with E-state index >= 15 is 0 Å². The number of thioether (sulfide) groups is 1. The van der Waals surface area contributed by atoms with Gasteiger partial charge in [0.25, 0.3) is 5.91 Å². The molecule has 0 bridgehead atoms. The number of benzene rings is 2. The SMILES string of the molecule is COc1cc(/C=C2\SC(=S)N(c3ccc(Cl)c(Cl)c3)C2=O)ccc1O. The van der Waals surface area contributed by atoms with Crippen LogP contribution in [0.25, 0.3) is 6.08 Å². The van der Waals surface area contributed by atoms with E-state index in [4.69, 9.17) is 40.2 Å². The van der Waals surface area contributed by atoms with Crippen LogP contribution in [-0.2, 0) is 4.79 Å². The van der Waals surface area contributed by atoms with E-state index in [-0.39, 0.29) is 11.7 Å². The van der Waals surface area contributed by atoms with Crippen molar-refractivity contribution in [2.24, 2.45) is 0 Å². The zero-order valence-corrected chi connectivity index (χ0v) is 16.0. The number of methoxy groups -OCH3 is 1. The largest absolute Gasteiger partial charge is 0.504 e. The second-order valence-corrected chi connectivity index (χ2v) is 7.54. The Labute approximate surface area is 164 Å². The Kier molecular flexibility index (Phi) is 5.24. The number of phenolic OH excluding ortho intramolecular Hbond substituents is 1. The molecule has 0 aliphatic carbocycles. The van der Waals surface area contributed by atoms with Gasteiger partial charge in [-0.25, -0.2) is 0 Å². The van der Waals surface area contributed by atoms with Crippen LogP contribution >= 0.6 is 47.2 Å². The molecule has 0 spiro atoms. The molecule has 25 heavy (non-hydrogen) atoms. The van der Waals surface area contributed by atoms with E-state index in [1.807, 2.05) is 0 Å². The predicted molar refractivity (Wildman–Crippen MR) is 107 cm³/mol. The average molecular weight is 412 g/mol. The number of amides is 1. The minimum absolute atomic E-state index is 0.0306. The molecule has 0 unspecified atom stereocenters. The van der Waals surface area contributed by atoms with Crippen LogP contribution in [0.1, 0.15) is 5.56 Å². The van der Waals surface area contributed by atoms with Crippen LogP contribution in [0.5, 0.6) is 11.5 Å². The van der Waals surface area contributed by atoms with E-state index in [1.54, 1.807) is 36.4 Å². The highest BCUT2D eigenvalue weighted by atomic mass is 35.5. The first-order chi connectivity index (χ1) is 11.9. The first-order valence-electron chi connectivity index (χ1n) is 7.00. The van der Waals surface area contributed by atoms with Gasteiger partial charge in [0.2, 0.25) is 0 Å². The van der Waals surface area contributed by atoms with E-state index in [2.05, 4.69) is 0 Å². The average Bonchev–Trinajstić information content (AvgIpc) is 2.86. The van der Waals surface area contributed by atoms with Gasteiger partial charge in [-0.1, -0.05) is 53.2 Å². The number of nitrogens with zero attached hydrogens (tertiary/aromatic N) is 1. The van der Waals surface area contributed by atoms with Crippen molar-refractivity contribution in [3.05, 3.63) is 56.9 Å². The molecule has 0 atom stereocenters. The fraction of sp³-hybridized carbons (Fsp3) is 0.0588. The second-order valence-electron chi connectivity index (χ2n) is 5.05. The second kappa shape index (κ2) is 7.25. The van der Waals surface area contributed by atoms with Crippen LogP contribution in [0, 0.1) is 0 Å². The third kappa shape index (κ3) is 3.62. The van der Waals surface area contributed by atoms with Crippen LogP contribution in [0.3, 0.4) is 0 Å². The molecule has 1 fully saturated rings. The van der Waals surface area contributed by atoms with Crippen LogP contribution in [0.2, 0.25) is 10.0 Å². The number of carbonyl (C=O) groups is 1. The summed E-state index contributed by atoms with van der Waals surface area (Å²) in [4.78, 5) is 14.6. The van der Waals surface area contributed by atoms with Gasteiger partial charge in [0, 0.05) is 0 Å². The number of hydrogen-bond donors (Lipinski definition) is 1. The molecule has 128 valence electrons. The van der Waals surface area contributed by atoms with Crippen LogP contribution in [-0.4, -0.2) is 22.4 Å². The maximum atomic E-state index is 12.7. The van der Waals surface area contributed by atoms with Crippen molar-refractivity contribution in [1.29, 1.82) is 0 Å². The third-order valence-electron chi connectivity index (χ3n) is 3.46. The van der Waals surface area contributed by atoms with Crippen molar-refractivity contribution < 1.29 is 14.6 Å². The van der Waals surface area contributed by atoms with Gasteiger partial charge < -0.3 is 9.84 Å². The molecule has 0 aromatic heterocycles. The molecule has 1 N–H and O–H groups in total. The standard InChI is InChI=1S/C17H11Cl2NO3S2/c1-23-14-6-9(2-5-13(14)21)7-15-16(22)20(17(24)25-15)10-3-4-11(18)12(19)8-10/h2-8,21H,1H3/b15-7-. The summed E-state index contributed by atoms with van der Waals surface area (Å²) in [5.41, 5.74) is 1.27. The lowest BCUT2D eigenvalue weighted by Gasteiger charge is -2.15. The molecule has 3 rings (SSSR count). The van der Waals surface area contributed by atoms with Gasteiger partial charge in [0.1, 0.15) is 0 Å².